The molecule has 2 N–H and O–H groups in total. The van der Waals surface area contributed by atoms with Crippen molar-refractivity contribution in [3.8, 4) is 11.5 Å². The Morgan fingerprint density at radius 3 is 2.46 bits per heavy atom. The molecule has 0 unspecified atom stereocenters. The van der Waals surface area contributed by atoms with E-state index in [2.05, 4.69) is 10.6 Å². The lowest BCUT2D eigenvalue weighted by Gasteiger charge is -2.33. The highest BCUT2D eigenvalue weighted by molar-refractivity contribution is 7.80. The highest BCUT2D eigenvalue weighted by atomic mass is 35.5. The van der Waals surface area contributed by atoms with E-state index in [0.717, 1.165) is 11.3 Å². The number of thiocarbonyl (C=S) groups is 1. The molecule has 0 bridgehead atoms. The van der Waals surface area contributed by atoms with E-state index in [1.807, 2.05) is 20.8 Å². The van der Waals surface area contributed by atoms with Crippen LogP contribution in [0.1, 0.15) is 32.4 Å². The number of methoxy groups -OCH3 is 2. The van der Waals surface area contributed by atoms with Crippen LogP contribution in [0.2, 0.25) is 5.02 Å². The Kier molecular flexibility index (Phi) is 6.72. The number of rotatable bonds is 6. The zero-order chi connectivity index (χ0) is 19.4. The Morgan fingerprint density at radius 1 is 1.27 bits per heavy atom. The van der Waals surface area contributed by atoms with Gasteiger partial charge in [-0.1, -0.05) is 11.6 Å². The first-order chi connectivity index (χ1) is 12.4. The number of nitrogens with zero attached hydrogens (tertiary/aromatic N) is 1. The third kappa shape index (κ3) is 3.88. The van der Waals surface area contributed by atoms with Crippen LogP contribution in [-0.4, -0.2) is 43.2 Å². The van der Waals surface area contributed by atoms with Gasteiger partial charge >= 0.3 is 0 Å². The van der Waals surface area contributed by atoms with Crippen molar-refractivity contribution in [2.75, 3.05) is 27.3 Å². The van der Waals surface area contributed by atoms with Crippen LogP contribution in [0.5, 0.6) is 11.5 Å². The fraction of sp³-hybridized carbons (Fsp3) is 0.444. The van der Waals surface area contributed by atoms with Crippen molar-refractivity contribution in [1.82, 2.24) is 15.5 Å². The summed E-state index contributed by atoms with van der Waals surface area (Å²) < 4.78 is 10.7. The molecular weight excluding hydrogens is 374 g/mol. The molecule has 2 rings (SSSR count). The van der Waals surface area contributed by atoms with E-state index in [1.54, 1.807) is 24.1 Å². The van der Waals surface area contributed by atoms with Gasteiger partial charge in [-0.05, 0) is 50.7 Å². The number of carbonyl (C=O) groups is 1. The van der Waals surface area contributed by atoms with E-state index >= 15 is 0 Å². The smallest absolute Gasteiger partial charge is 0.253 e. The normalized spacial score (nSPS) is 16.7. The van der Waals surface area contributed by atoms with Crippen molar-refractivity contribution in [1.29, 1.82) is 0 Å². The summed E-state index contributed by atoms with van der Waals surface area (Å²) in [6, 6.07) is 3.13. The average molecular weight is 398 g/mol. The summed E-state index contributed by atoms with van der Waals surface area (Å²) in [7, 11) is 3.07. The van der Waals surface area contributed by atoms with Crippen LogP contribution in [0.15, 0.2) is 23.4 Å². The molecular formula is C18H24ClN3O3S. The minimum absolute atomic E-state index is 0.0501. The molecule has 1 aromatic rings. The second-order valence-corrected chi connectivity index (χ2v) is 6.60. The average Bonchev–Trinajstić information content (AvgIpc) is 2.61. The SMILES string of the molecule is CCN(CC)C(=O)C1=C(C)NC(=S)N[C@@H]1c1cc(Cl)c(OC)c(OC)c1. The summed E-state index contributed by atoms with van der Waals surface area (Å²) in [5, 5.41) is 7.07. The summed E-state index contributed by atoms with van der Waals surface area (Å²) in [5.74, 6) is 0.895. The van der Waals surface area contributed by atoms with Crippen molar-refractivity contribution < 1.29 is 14.3 Å². The van der Waals surface area contributed by atoms with Gasteiger partial charge in [0.1, 0.15) is 0 Å². The van der Waals surface area contributed by atoms with Crippen molar-refractivity contribution in [3.05, 3.63) is 34.0 Å². The zero-order valence-corrected chi connectivity index (χ0v) is 17.2. The first-order valence-corrected chi connectivity index (χ1v) is 9.15. The molecule has 6 nitrogen and oxygen atoms in total. The topological polar surface area (TPSA) is 62.8 Å². The van der Waals surface area contributed by atoms with Gasteiger partial charge < -0.3 is 25.0 Å². The first-order valence-electron chi connectivity index (χ1n) is 8.36. The Labute approximate surface area is 164 Å². The number of hydrogen-bond acceptors (Lipinski definition) is 4. The van der Waals surface area contributed by atoms with Crippen molar-refractivity contribution in [2.24, 2.45) is 0 Å². The van der Waals surface area contributed by atoms with Gasteiger partial charge in [0.05, 0.1) is 30.9 Å². The Hall–Kier alpha value is -1.99. The second kappa shape index (κ2) is 8.60. The highest BCUT2D eigenvalue weighted by Gasteiger charge is 2.32. The van der Waals surface area contributed by atoms with Crippen molar-refractivity contribution >= 4 is 34.8 Å². The van der Waals surface area contributed by atoms with Gasteiger partial charge in [0.15, 0.2) is 16.6 Å². The van der Waals surface area contributed by atoms with Crippen LogP contribution in [-0.2, 0) is 4.79 Å². The summed E-state index contributed by atoms with van der Waals surface area (Å²) in [6.07, 6.45) is 0. The number of halogens is 1. The third-order valence-electron chi connectivity index (χ3n) is 4.34. The molecule has 1 atom stereocenters. The van der Waals surface area contributed by atoms with Crippen molar-refractivity contribution in [2.45, 2.75) is 26.8 Å². The van der Waals surface area contributed by atoms with Crippen LogP contribution >= 0.6 is 23.8 Å². The third-order valence-corrected chi connectivity index (χ3v) is 4.84. The molecule has 1 heterocycles. The largest absolute Gasteiger partial charge is 0.493 e. The van der Waals surface area contributed by atoms with Gasteiger partial charge in [-0.15, -0.1) is 0 Å². The fourth-order valence-corrected chi connectivity index (χ4v) is 3.58. The molecule has 142 valence electrons. The van der Waals surface area contributed by atoms with E-state index in [4.69, 9.17) is 33.3 Å². The van der Waals surface area contributed by atoms with Gasteiger partial charge in [0.25, 0.3) is 5.91 Å². The maximum Gasteiger partial charge on any atom is 0.253 e. The van der Waals surface area contributed by atoms with Gasteiger partial charge in [-0.25, -0.2) is 0 Å². The number of benzene rings is 1. The highest BCUT2D eigenvalue weighted by Crippen LogP contribution is 2.40. The summed E-state index contributed by atoms with van der Waals surface area (Å²) >= 11 is 11.7. The molecule has 0 aliphatic carbocycles. The molecule has 1 amide bonds. The van der Waals surface area contributed by atoms with E-state index in [0.29, 0.717) is 40.3 Å². The minimum Gasteiger partial charge on any atom is -0.493 e. The minimum atomic E-state index is -0.436. The van der Waals surface area contributed by atoms with Crippen LogP contribution in [0, 0.1) is 0 Å². The number of likely N-dealkylation sites (N-methyl/N-ethyl adjacent to an activating group) is 1. The lowest BCUT2D eigenvalue weighted by Crippen LogP contribution is -2.47. The van der Waals surface area contributed by atoms with E-state index in [-0.39, 0.29) is 5.91 Å². The Morgan fingerprint density at radius 2 is 1.92 bits per heavy atom. The second-order valence-electron chi connectivity index (χ2n) is 5.79. The maximum atomic E-state index is 13.1. The predicted octanol–water partition coefficient (Wildman–Crippen LogP) is 3.02. The molecule has 0 saturated heterocycles. The summed E-state index contributed by atoms with van der Waals surface area (Å²) in [6.45, 7) is 6.99. The summed E-state index contributed by atoms with van der Waals surface area (Å²) in [5.41, 5.74) is 2.10. The van der Waals surface area contributed by atoms with Crippen molar-refractivity contribution in [3.63, 3.8) is 0 Å². The van der Waals surface area contributed by atoms with Crippen LogP contribution < -0.4 is 20.1 Å². The maximum absolute atomic E-state index is 13.1. The fourth-order valence-electron chi connectivity index (χ4n) is 3.01. The van der Waals surface area contributed by atoms with Gasteiger partial charge in [0.2, 0.25) is 0 Å². The lowest BCUT2D eigenvalue weighted by atomic mass is 9.94. The molecule has 0 spiro atoms. The Balaban J connectivity index is 2.58. The van der Waals surface area contributed by atoms with E-state index in [9.17, 15) is 4.79 Å². The summed E-state index contributed by atoms with van der Waals surface area (Å²) in [4.78, 5) is 14.8. The lowest BCUT2D eigenvalue weighted by molar-refractivity contribution is -0.127. The number of amides is 1. The molecule has 0 radical (unpaired) electrons. The standard InChI is InChI=1S/C18H24ClN3O3S/c1-6-22(7-2)17(23)14-10(3)20-18(26)21-15(14)11-8-12(19)16(25-5)13(9-11)24-4/h8-9,15H,6-7H2,1-5H3,(H2,20,21,26)/t15-/m1/s1. The van der Waals surface area contributed by atoms with Crippen LogP contribution in [0.3, 0.4) is 0 Å². The zero-order valence-electron chi connectivity index (χ0n) is 15.6. The Bertz CT molecular complexity index is 747. The van der Waals surface area contributed by atoms with E-state index in [1.165, 1.54) is 7.11 Å². The predicted molar refractivity (Wildman–Crippen MR) is 107 cm³/mol. The molecule has 1 aromatic carbocycles. The molecule has 26 heavy (non-hydrogen) atoms. The number of ether oxygens (including phenoxy) is 2. The molecule has 1 aliphatic heterocycles. The van der Waals surface area contributed by atoms with Gasteiger partial charge in [0, 0.05) is 18.8 Å². The number of allylic oxidation sites excluding steroid dienone is 1. The number of carbonyl (C=O) groups excluding carboxylic acids is 1. The monoisotopic (exact) mass is 397 g/mol. The molecule has 0 fully saturated rings. The number of hydrogen-bond donors (Lipinski definition) is 2. The van der Waals surface area contributed by atoms with Crippen LogP contribution in [0.25, 0.3) is 0 Å². The van der Waals surface area contributed by atoms with Crippen LogP contribution in [0.4, 0.5) is 0 Å². The molecule has 0 saturated carbocycles. The van der Waals surface area contributed by atoms with Gasteiger partial charge in [-0.3, -0.25) is 4.79 Å². The molecule has 0 aromatic heterocycles. The van der Waals surface area contributed by atoms with Gasteiger partial charge in [-0.2, -0.15) is 0 Å². The quantitative estimate of drug-likeness (QED) is 0.719. The number of nitrogens with one attached hydrogen (secondary N) is 2. The molecule has 1 aliphatic rings. The molecule has 8 heteroatoms. The first kappa shape index (κ1) is 20.3. The van der Waals surface area contributed by atoms with E-state index < -0.39 is 6.04 Å².